The number of hydrogen-bond acceptors (Lipinski definition) is 4. The number of nitrogens with zero attached hydrogens (tertiary/aromatic N) is 2. The smallest absolute Gasteiger partial charge is 0.154 e. The van der Waals surface area contributed by atoms with E-state index in [4.69, 9.17) is 5.26 Å². The molecule has 0 atom stereocenters. The van der Waals surface area contributed by atoms with Gasteiger partial charge in [0.05, 0.1) is 5.75 Å². The van der Waals surface area contributed by atoms with Gasteiger partial charge in [-0.15, -0.1) is 0 Å². The van der Waals surface area contributed by atoms with Crippen LogP contribution in [0, 0.1) is 11.3 Å². The van der Waals surface area contributed by atoms with Crippen molar-refractivity contribution in [2.24, 2.45) is 0 Å². The summed E-state index contributed by atoms with van der Waals surface area (Å²) < 4.78 is 22.6. The molecule has 1 rings (SSSR count). The molecule has 5 heteroatoms. The molecular formula is C9H10N2O2S. The van der Waals surface area contributed by atoms with Crippen LogP contribution in [0.1, 0.15) is 18.2 Å². The van der Waals surface area contributed by atoms with Crippen LogP contribution >= 0.6 is 0 Å². The third kappa shape index (κ3) is 2.54. The summed E-state index contributed by atoms with van der Waals surface area (Å²) in [5.74, 6) is -0.0347. The number of pyridine rings is 1. The first-order valence-corrected chi connectivity index (χ1v) is 5.95. The zero-order chi connectivity index (χ0) is 10.6. The Hall–Kier alpha value is -1.41. The van der Waals surface area contributed by atoms with Crippen LogP contribution in [0.25, 0.3) is 0 Å². The minimum atomic E-state index is -3.10. The van der Waals surface area contributed by atoms with Gasteiger partial charge in [0.25, 0.3) is 0 Å². The highest BCUT2D eigenvalue weighted by Crippen LogP contribution is 2.09. The molecular weight excluding hydrogens is 200 g/mol. The van der Waals surface area contributed by atoms with Crippen molar-refractivity contribution < 1.29 is 8.42 Å². The summed E-state index contributed by atoms with van der Waals surface area (Å²) in [5, 5.41) is 8.68. The van der Waals surface area contributed by atoms with E-state index in [0.717, 1.165) is 0 Å². The maximum atomic E-state index is 11.3. The Morgan fingerprint density at radius 1 is 1.57 bits per heavy atom. The van der Waals surface area contributed by atoms with Crippen LogP contribution in [-0.4, -0.2) is 19.2 Å². The fraction of sp³-hybridized carbons (Fsp3) is 0.333. The maximum absolute atomic E-state index is 11.3. The summed E-state index contributed by atoms with van der Waals surface area (Å²) in [4.78, 5) is 3.79. The molecule has 14 heavy (non-hydrogen) atoms. The molecule has 0 spiro atoms. The number of nitriles is 1. The van der Waals surface area contributed by atoms with Crippen LogP contribution in [0.2, 0.25) is 0 Å². The van der Waals surface area contributed by atoms with Gasteiger partial charge < -0.3 is 0 Å². The van der Waals surface area contributed by atoms with Gasteiger partial charge in [0.1, 0.15) is 11.8 Å². The number of sulfone groups is 1. The SMILES string of the molecule is CCS(=O)(=O)Cc1cccnc1C#N. The van der Waals surface area contributed by atoms with Crippen molar-refractivity contribution in [3.05, 3.63) is 29.6 Å². The summed E-state index contributed by atoms with van der Waals surface area (Å²) in [6.45, 7) is 1.58. The zero-order valence-electron chi connectivity index (χ0n) is 7.77. The average Bonchev–Trinajstić information content (AvgIpc) is 2.18. The van der Waals surface area contributed by atoms with Crippen LogP contribution < -0.4 is 0 Å². The van der Waals surface area contributed by atoms with Crippen LogP contribution in [0.4, 0.5) is 0 Å². The molecule has 0 saturated carbocycles. The van der Waals surface area contributed by atoms with Gasteiger partial charge in [-0.05, 0) is 6.07 Å². The van der Waals surface area contributed by atoms with Crippen molar-refractivity contribution in [3.8, 4) is 6.07 Å². The van der Waals surface area contributed by atoms with E-state index < -0.39 is 9.84 Å². The van der Waals surface area contributed by atoms with Gasteiger partial charge in [-0.25, -0.2) is 13.4 Å². The van der Waals surface area contributed by atoms with Crippen molar-refractivity contribution in [1.29, 1.82) is 5.26 Å². The molecule has 0 aliphatic carbocycles. The van der Waals surface area contributed by atoms with E-state index >= 15 is 0 Å². The van der Waals surface area contributed by atoms with E-state index in [1.54, 1.807) is 19.1 Å². The Bertz CT molecular complexity index is 460. The van der Waals surface area contributed by atoms with Crippen molar-refractivity contribution >= 4 is 9.84 Å². The summed E-state index contributed by atoms with van der Waals surface area (Å²) in [6, 6.07) is 5.10. The molecule has 0 fully saturated rings. The highest BCUT2D eigenvalue weighted by Gasteiger charge is 2.12. The minimum absolute atomic E-state index is 0.0762. The molecule has 1 aromatic rings. The van der Waals surface area contributed by atoms with Crippen LogP contribution in [0.5, 0.6) is 0 Å². The van der Waals surface area contributed by atoms with E-state index in [9.17, 15) is 8.42 Å². The summed E-state index contributed by atoms with van der Waals surface area (Å²) >= 11 is 0. The monoisotopic (exact) mass is 210 g/mol. The Labute approximate surface area is 83.1 Å². The lowest BCUT2D eigenvalue weighted by Crippen LogP contribution is -2.08. The molecule has 4 nitrogen and oxygen atoms in total. The molecule has 0 bridgehead atoms. The van der Waals surface area contributed by atoms with Gasteiger partial charge in [-0.1, -0.05) is 13.0 Å². The third-order valence-electron chi connectivity index (χ3n) is 1.81. The van der Waals surface area contributed by atoms with Gasteiger partial charge in [0.15, 0.2) is 9.84 Å². The Morgan fingerprint density at radius 3 is 2.86 bits per heavy atom. The molecule has 0 unspecified atom stereocenters. The first-order valence-electron chi connectivity index (χ1n) is 4.13. The Balaban J connectivity index is 3.05. The largest absolute Gasteiger partial charge is 0.245 e. The molecule has 0 saturated heterocycles. The van der Waals surface area contributed by atoms with Crippen LogP contribution in [-0.2, 0) is 15.6 Å². The summed E-state index contributed by atoms with van der Waals surface area (Å²) in [5.41, 5.74) is 0.654. The summed E-state index contributed by atoms with van der Waals surface area (Å²) in [6.07, 6.45) is 1.47. The van der Waals surface area contributed by atoms with Crippen LogP contribution in [0.3, 0.4) is 0 Å². The van der Waals surface area contributed by atoms with Crippen LogP contribution in [0.15, 0.2) is 18.3 Å². The average molecular weight is 210 g/mol. The van der Waals surface area contributed by atoms with Gasteiger partial charge in [0, 0.05) is 17.5 Å². The fourth-order valence-electron chi connectivity index (χ4n) is 0.995. The molecule has 0 amide bonds. The van der Waals surface area contributed by atoms with E-state index in [2.05, 4.69) is 4.98 Å². The molecule has 1 aromatic heterocycles. The number of rotatable bonds is 3. The lowest BCUT2D eigenvalue weighted by atomic mass is 10.2. The lowest BCUT2D eigenvalue weighted by Gasteiger charge is -2.02. The Kier molecular flexibility index (Phi) is 3.20. The second-order valence-corrected chi connectivity index (χ2v) is 5.15. The lowest BCUT2D eigenvalue weighted by molar-refractivity contribution is 0.596. The van der Waals surface area contributed by atoms with E-state index in [1.807, 2.05) is 6.07 Å². The van der Waals surface area contributed by atoms with Gasteiger partial charge in [0.2, 0.25) is 0 Å². The zero-order valence-corrected chi connectivity index (χ0v) is 8.58. The second-order valence-electron chi connectivity index (χ2n) is 2.80. The van der Waals surface area contributed by atoms with E-state index in [-0.39, 0.29) is 17.2 Å². The number of aromatic nitrogens is 1. The molecule has 1 heterocycles. The van der Waals surface area contributed by atoms with E-state index in [0.29, 0.717) is 5.56 Å². The fourth-order valence-corrected chi connectivity index (χ4v) is 1.91. The van der Waals surface area contributed by atoms with Crippen molar-refractivity contribution in [1.82, 2.24) is 4.98 Å². The number of hydrogen-bond donors (Lipinski definition) is 0. The maximum Gasteiger partial charge on any atom is 0.154 e. The molecule has 0 N–H and O–H groups in total. The molecule has 74 valence electrons. The molecule has 0 aromatic carbocycles. The quantitative estimate of drug-likeness (QED) is 0.742. The van der Waals surface area contributed by atoms with Gasteiger partial charge in [-0.2, -0.15) is 5.26 Å². The van der Waals surface area contributed by atoms with Crippen molar-refractivity contribution in [2.75, 3.05) is 5.75 Å². The normalized spacial score (nSPS) is 10.9. The second kappa shape index (κ2) is 4.20. The standard InChI is InChI=1S/C9H10N2O2S/c1-2-14(12,13)7-8-4-3-5-11-9(8)6-10/h3-5H,2,7H2,1H3. The predicted octanol–water partition coefficient (Wildman–Crippen LogP) is 0.888. The van der Waals surface area contributed by atoms with Gasteiger partial charge in [-0.3, -0.25) is 0 Å². The van der Waals surface area contributed by atoms with Crippen molar-refractivity contribution in [3.63, 3.8) is 0 Å². The highest BCUT2D eigenvalue weighted by molar-refractivity contribution is 7.90. The topological polar surface area (TPSA) is 70.8 Å². The Morgan fingerprint density at radius 2 is 2.29 bits per heavy atom. The molecule has 0 radical (unpaired) electrons. The first kappa shape index (κ1) is 10.7. The predicted molar refractivity (Wildman–Crippen MR) is 52.1 cm³/mol. The minimum Gasteiger partial charge on any atom is -0.245 e. The van der Waals surface area contributed by atoms with Gasteiger partial charge >= 0.3 is 0 Å². The molecule has 0 aliphatic rings. The summed E-state index contributed by atoms with van der Waals surface area (Å²) in [7, 11) is -3.10. The third-order valence-corrected chi connectivity index (χ3v) is 3.44. The first-order chi connectivity index (χ1) is 6.59. The van der Waals surface area contributed by atoms with Crippen molar-refractivity contribution in [2.45, 2.75) is 12.7 Å². The molecule has 0 aliphatic heterocycles. The highest BCUT2D eigenvalue weighted by atomic mass is 32.2. The van der Waals surface area contributed by atoms with E-state index in [1.165, 1.54) is 6.20 Å².